The van der Waals surface area contributed by atoms with Gasteiger partial charge in [0.15, 0.2) is 0 Å². The lowest BCUT2D eigenvalue weighted by atomic mass is 9.94. The molecule has 3 rings (SSSR count). The number of nitrogens with zero attached hydrogens (tertiary/aromatic N) is 1. The Hall–Kier alpha value is -1.84. The van der Waals surface area contributed by atoms with Gasteiger partial charge < -0.3 is 9.82 Å². The van der Waals surface area contributed by atoms with E-state index in [2.05, 4.69) is 10.1 Å². The molecule has 0 saturated carbocycles. The van der Waals surface area contributed by atoms with Crippen LogP contribution < -0.4 is 0 Å². The molecule has 0 amide bonds. The van der Waals surface area contributed by atoms with E-state index in [9.17, 15) is 4.39 Å². The van der Waals surface area contributed by atoms with Crippen molar-refractivity contribution in [3.05, 3.63) is 35.3 Å². The number of benzene rings is 1. The number of fused-ring (bicyclic) bond motifs is 3. The summed E-state index contributed by atoms with van der Waals surface area (Å²) in [6.07, 6.45) is 2.91. The van der Waals surface area contributed by atoms with Gasteiger partial charge in [0.05, 0.1) is 5.71 Å². The number of aromatic amines is 1. The Balaban J connectivity index is 2.29. The number of hydrogen-bond acceptors (Lipinski definition) is 2. The van der Waals surface area contributed by atoms with Crippen LogP contribution in [0, 0.1) is 5.82 Å². The predicted octanol–water partition coefficient (Wildman–Crippen LogP) is 2.99. The fraction of sp³-hybridized carbons (Fsp3) is 0.308. The number of aryl methyl sites for hydroxylation is 1. The lowest BCUT2D eigenvalue weighted by Gasteiger charge is -2.13. The number of rotatable bonds is 1. The van der Waals surface area contributed by atoms with Crippen LogP contribution in [-0.4, -0.2) is 17.8 Å². The largest absolute Gasteiger partial charge is 0.399 e. The average molecular weight is 232 g/mol. The minimum absolute atomic E-state index is 0.221. The highest BCUT2D eigenvalue weighted by Gasteiger charge is 2.21. The molecule has 0 saturated heterocycles. The van der Waals surface area contributed by atoms with E-state index in [1.54, 1.807) is 12.1 Å². The molecule has 1 aromatic carbocycles. The third-order valence-electron chi connectivity index (χ3n) is 3.17. The predicted molar refractivity (Wildman–Crippen MR) is 64.7 cm³/mol. The van der Waals surface area contributed by atoms with Crippen molar-refractivity contribution in [2.24, 2.45) is 5.16 Å². The molecule has 0 bridgehead atoms. The van der Waals surface area contributed by atoms with Gasteiger partial charge in [-0.15, -0.1) is 0 Å². The van der Waals surface area contributed by atoms with Crippen LogP contribution >= 0.6 is 0 Å². The highest BCUT2D eigenvalue weighted by atomic mass is 19.1. The summed E-state index contributed by atoms with van der Waals surface area (Å²) in [4.78, 5) is 8.20. The van der Waals surface area contributed by atoms with Crippen LogP contribution in [0.5, 0.6) is 0 Å². The maximum Gasteiger partial charge on any atom is 0.123 e. The Morgan fingerprint density at radius 2 is 2.24 bits per heavy atom. The van der Waals surface area contributed by atoms with Crippen molar-refractivity contribution in [1.82, 2.24) is 4.98 Å². The van der Waals surface area contributed by atoms with Crippen molar-refractivity contribution >= 4 is 16.6 Å². The Bertz CT molecular complexity index is 601. The minimum Gasteiger partial charge on any atom is -0.399 e. The van der Waals surface area contributed by atoms with E-state index in [1.807, 2.05) is 0 Å². The molecule has 0 aliphatic heterocycles. The van der Waals surface area contributed by atoms with Crippen molar-refractivity contribution < 1.29 is 9.23 Å². The molecule has 0 unspecified atom stereocenters. The standard InChI is InChI=1S/C13H13FN2O/c1-17-16-12-4-2-3-11-13(12)9-7-8(14)5-6-10(9)15-11/h5-7,15H,2-4H2,1H3. The zero-order valence-electron chi connectivity index (χ0n) is 9.59. The molecule has 0 radical (unpaired) electrons. The number of oxime groups is 1. The molecule has 4 heteroatoms. The van der Waals surface area contributed by atoms with Gasteiger partial charge in [0.2, 0.25) is 0 Å². The molecule has 0 spiro atoms. The van der Waals surface area contributed by atoms with Gasteiger partial charge in [0.1, 0.15) is 12.9 Å². The first kappa shape index (κ1) is 10.3. The zero-order valence-corrected chi connectivity index (χ0v) is 9.59. The van der Waals surface area contributed by atoms with E-state index in [1.165, 1.54) is 13.2 Å². The lowest BCUT2D eigenvalue weighted by Crippen LogP contribution is -2.11. The first-order valence-electron chi connectivity index (χ1n) is 5.70. The van der Waals surface area contributed by atoms with E-state index < -0.39 is 0 Å². The maximum atomic E-state index is 13.3. The molecular weight excluding hydrogens is 219 g/mol. The van der Waals surface area contributed by atoms with Gasteiger partial charge >= 0.3 is 0 Å². The van der Waals surface area contributed by atoms with Crippen LogP contribution in [0.4, 0.5) is 4.39 Å². The number of aromatic nitrogens is 1. The van der Waals surface area contributed by atoms with Gasteiger partial charge in [0, 0.05) is 22.2 Å². The van der Waals surface area contributed by atoms with Crippen LogP contribution in [0.25, 0.3) is 10.9 Å². The Morgan fingerprint density at radius 1 is 1.35 bits per heavy atom. The molecule has 0 atom stereocenters. The fourth-order valence-electron chi connectivity index (χ4n) is 2.50. The van der Waals surface area contributed by atoms with Crippen molar-refractivity contribution in [1.29, 1.82) is 0 Å². The summed E-state index contributed by atoms with van der Waals surface area (Å²) >= 11 is 0. The van der Waals surface area contributed by atoms with E-state index in [-0.39, 0.29) is 5.82 Å². The minimum atomic E-state index is -0.221. The fourth-order valence-corrected chi connectivity index (χ4v) is 2.50. The van der Waals surface area contributed by atoms with Gasteiger partial charge in [-0.2, -0.15) is 0 Å². The summed E-state index contributed by atoms with van der Waals surface area (Å²) in [6, 6.07) is 4.80. The molecule has 1 heterocycles. The molecular formula is C13H13FN2O. The second-order valence-electron chi connectivity index (χ2n) is 4.24. The quantitative estimate of drug-likeness (QED) is 0.754. The van der Waals surface area contributed by atoms with Crippen LogP contribution in [0.15, 0.2) is 23.4 Å². The zero-order chi connectivity index (χ0) is 11.8. The third kappa shape index (κ3) is 1.60. The van der Waals surface area contributed by atoms with Crippen molar-refractivity contribution in [2.75, 3.05) is 7.11 Å². The molecule has 0 fully saturated rings. The highest BCUT2D eigenvalue weighted by molar-refractivity contribution is 6.12. The first-order valence-corrected chi connectivity index (χ1v) is 5.70. The number of nitrogens with one attached hydrogen (secondary N) is 1. The van der Waals surface area contributed by atoms with Crippen LogP contribution in [0.1, 0.15) is 24.1 Å². The van der Waals surface area contributed by atoms with Gasteiger partial charge in [-0.05, 0) is 37.5 Å². The molecule has 1 aliphatic rings. The van der Waals surface area contributed by atoms with Gasteiger partial charge in [-0.3, -0.25) is 0 Å². The van der Waals surface area contributed by atoms with E-state index >= 15 is 0 Å². The third-order valence-corrected chi connectivity index (χ3v) is 3.17. The summed E-state index contributed by atoms with van der Waals surface area (Å²) in [5, 5.41) is 4.95. The number of halogens is 1. The molecule has 1 aliphatic carbocycles. The molecule has 1 aromatic heterocycles. The second-order valence-corrected chi connectivity index (χ2v) is 4.24. The Labute approximate surface area is 98.3 Å². The summed E-state index contributed by atoms with van der Waals surface area (Å²) in [6.45, 7) is 0. The van der Waals surface area contributed by atoms with Gasteiger partial charge in [0.25, 0.3) is 0 Å². The summed E-state index contributed by atoms with van der Waals surface area (Å²) in [5.41, 5.74) is 4.02. The van der Waals surface area contributed by atoms with Crippen LogP contribution in [0.3, 0.4) is 0 Å². The van der Waals surface area contributed by atoms with Crippen molar-refractivity contribution in [3.8, 4) is 0 Å². The summed E-state index contributed by atoms with van der Waals surface area (Å²) < 4.78 is 13.3. The molecule has 2 aromatic rings. The summed E-state index contributed by atoms with van der Waals surface area (Å²) in [5.74, 6) is -0.221. The van der Waals surface area contributed by atoms with E-state index in [4.69, 9.17) is 4.84 Å². The van der Waals surface area contributed by atoms with Crippen molar-refractivity contribution in [3.63, 3.8) is 0 Å². The summed E-state index contributed by atoms with van der Waals surface area (Å²) in [7, 11) is 1.54. The van der Waals surface area contributed by atoms with E-state index in [0.717, 1.165) is 47.1 Å². The second kappa shape index (κ2) is 3.87. The first-order chi connectivity index (χ1) is 8.29. The van der Waals surface area contributed by atoms with Crippen LogP contribution in [-0.2, 0) is 11.3 Å². The average Bonchev–Trinajstić information content (AvgIpc) is 2.68. The normalized spacial score (nSPS) is 17.4. The molecule has 1 N–H and O–H groups in total. The SMILES string of the molecule is CON=C1CCCc2[nH]c3ccc(F)cc3c21. The molecule has 88 valence electrons. The lowest BCUT2D eigenvalue weighted by molar-refractivity contribution is 0.212. The van der Waals surface area contributed by atoms with Gasteiger partial charge in [-0.25, -0.2) is 4.39 Å². The maximum absolute atomic E-state index is 13.3. The molecule has 17 heavy (non-hydrogen) atoms. The number of H-pyrrole nitrogens is 1. The van der Waals surface area contributed by atoms with Crippen molar-refractivity contribution in [2.45, 2.75) is 19.3 Å². The Morgan fingerprint density at radius 3 is 3.06 bits per heavy atom. The monoisotopic (exact) mass is 232 g/mol. The highest BCUT2D eigenvalue weighted by Crippen LogP contribution is 2.30. The van der Waals surface area contributed by atoms with Gasteiger partial charge in [-0.1, -0.05) is 5.16 Å². The smallest absolute Gasteiger partial charge is 0.123 e. The topological polar surface area (TPSA) is 37.4 Å². The Kier molecular flexibility index (Phi) is 2.35. The number of hydrogen-bond donors (Lipinski definition) is 1. The van der Waals surface area contributed by atoms with E-state index in [0.29, 0.717) is 0 Å². The molecule has 3 nitrogen and oxygen atoms in total. The van der Waals surface area contributed by atoms with Crippen LogP contribution in [0.2, 0.25) is 0 Å².